The van der Waals surface area contributed by atoms with Crippen molar-refractivity contribution in [1.82, 2.24) is 10.2 Å². The molecule has 0 aliphatic carbocycles. The van der Waals surface area contributed by atoms with Gasteiger partial charge in [-0.25, -0.2) is 0 Å². The van der Waals surface area contributed by atoms with Crippen LogP contribution in [0.1, 0.15) is 35.6 Å². The zero-order valence-electron chi connectivity index (χ0n) is 15.0. The van der Waals surface area contributed by atoms with Gasteiger partial charge in [0.1, 0.15) is 5.75 Å². The topological polar surface area (TPSA) is 41.6 Å². The molecule has 2 aromatic rings. The summed E-state index contributed by atoms with van der Waals surface area (Å²) in [4.78, 5) is 14.6. The first-order valence-corrected chi connectivity index (χ1v) is 8.86. The molecule has 2 aromatic carbocycles. The van der Waals surface area contributed by atoms with Crippen molar-refractivity contribution in [3.05, 3.63) is 65.2 Å². The number of methoxy groups -OCH3 is 1. The summed E-state index contributed by atoms with van der Waals surface area (Å²) in [5.74, 6) is 0.949. The van der Waals surface area contributed by atoms with E-state index in [2.05, 4.69) is 53.5 Å². The van der Waals surface area contributed by atoms with Gasteiger partial charge in [-0.1, -0.05) is 42.0 Å². The van der Waals surface area contributed by atoms with Crippen molar-refractivity contribution < 1.29 is 9.53 Å². The number of likely N-dealkylation sites (tertiary alicyclic amines) is 1. The summed E-state index contributed by atoms with van der Waals surface area (Å²) < 4.78 is 5.23. The molecule has 132 valence electrons. The molecule has 1 saturated heterocycles. The highest BCUT2D eigenvalue weighted by molar-refractivity contribution is 5.78. The molecule has 4 heteroatoms. The van der Waals surface area contributed by atoms with E-state index in [0.29, 0.717) is 19.1 Å². The maximum absolute atomic E-state index is 12.3. The van der Waals surface area contributed by atoms with Gasteiger partial charge in [-0.2, -0.15) is 0 Å². The molecule has 0 bridgehead atoms. The number of hydrogen-bond acceptors (Lipinski definition) is 3. The lowest BCUT2D eigenvalue weighted by molar-refractivity contribution is -0.122. The van der Waals surface area contributed by atoms with E-state index >= 15 is 0 Å². The molecule has 1 heterocycles. The van der Waals surface area contributed by atoms with Crippen LogP contribution in [-0.2, 0) is 11.3 Å². The van der Waals surface area contributed by atoms with Gasteiger partial charge in [-0.15, -0.1) is 0 Å². The normalized spacial score (nSPS) is 17.4. The molecule has 0 aromatic heterocycles. The number of ether oxygens (including phenoxy) is 1. The highest BCUT2D eigenvalue weighted by Crippen LogP contribution is 2.32. The molecule has 1 atom stereocenters. The smallest absolute Gasteiger partial charge is 0.234 e. The summed E-state index contributed by atoms with van der Waals surface area (Å²) in [5.41, 5.74) is 3.62. The van der Waals surface area contributed by atoms with Crippen LogP contribution >= 0.6 is 0 Å². The third-order valence-electron chi connectivity index (χ3n) is 4.82. The molecule has 1 amide bonds. The van der Waals surface area contributed by atoms with E-state index in [0.717, 1.165) is 30.7 Å². The van der Waals surface area contributed by atoms with E-state index in [1.54, 1.807) is 7.11 Å². The van der Waals surface area contributed by atoms with Crippen LogP contribution in [0.5, 0.6) is 5.75 Å². The van der Waals surface area contributed by atoms with Gasteiger partial charge in [0.05, 0.1) is 13.7 Å². The Hall–Kier alpha value is -2.33. The number of amides is 1. The van der Waals surface area contributed by atoms with Crippen LogP contribution in [0.3, 0.4) is 0 Å². The minimum atomic E-state index is 0.0842. The number of nitrogens with zero attached hydrogens (tertiary/aromatic N) is 1. The van der Waals surface area contributed by atoms with Gasteiger partial charge in [-0.05, 0) is 49.6 Å². The van der Waals surface area contributed by atoms with E-state index in [-0.39, 0.29) is 5.91 Å². The van der Waals surface area contributed by atoms with Crippen LogP contribution in [-0.4, -0.2) is 31.0 Å². The van der Waals surface area contributed by atoms with E-state index in [1.807, 2.05) is 12.1 Å². The van der Waals surface area contributed by atoms with Crippen LogP contribution in [0.25, 0.3) is 0 Å². The second-order valence-corrected chi connectivity index (χ2v) is 6.66. The predicted molar refractivity (Wildman–Crippen MR) is 99.6 cm³/mol. The Morgan fingerprint density at radius 3 is 2.56 bits per heavy atom. The highest BCUT2D eigenvalue weighted by Gasteiger charge is 2.27. The average molecular weight is 338 g/mol. The van der Waals surface area contributed by atoms with Crippen LogP contribution in [0.4, 0.5) is 0 Å². The summed E-state index contributed by atoms with van der Waals surface area (Å²) in [6.07, 6.45) is 2.22. The predicted octanol–water partition coefficient (Wildman–Crippen LogP) is 3.46. The maximum Gasteiger partial charge on any atom is 0.234 e. The fourth-order valence-electron chi connectivity index (χ4n) is 3.37. The lowest BCUT2D eigenvalue weighted by Crippen LogP contribution is -2.36. The fourth-order valence-corrected chi connectivity index (χ4v) is 3.37. The molecule has 0 spiro atoms. The van der Waals surface area contributed by atoms with E-state index in [9.17, 15) is 4.79 Å². The van der Waals surface area contributed by atoms with Crippen LogP contribution in [0.15, 0.2) is 48.5 Å². The highest BCUT2D eigenvalue weighted by atomic mass is 16.5. The molecule has 1 aliphatic heterocycles. The summed E-state index contributed by atoms with van der Waals surface area (Å²) in [6.45, 7) is 4.06. The van der Waals surface area contributed by atoms with Crippen LogP contribution < -0.4 is 10.1 Å². The Kier molecular flexibility index (Phi) is 5.71. The van der Waals surface area contributed by atoms with Gasteiger partial charge < -0.3 is 10.1 Å². The number of rotatable bonds is 6. The maximum atomic E-state index is 12.3. The zero-order valence-corrected chi connectivity index (χ0v) is 15.0. The van der Waals surface area contributed by atoms with Gasteiger partial charge in [0.15, 0.2) is 0 Å². The average Bonchev–Trinajstić information content (AvgIpc) is 3.09. The summed E-state index contributed by atoms with van der Waals surface area (Å²) in [5, 5.41) is 3.03. The Balaban J connectivity index is 1.55. The first-order valence-electron chi connectivity index (χ1n) is 8.86. The number of benzene rings is 2. The van der Waals surface area contributed by atoms with Crippen molar-refractivity contribution in [2.75, 3.05) is 20.2 Å². The standard InChI is InChI=1S/C21H26N2O2/c1-16-5-7-17(8-6-16)14-22-21(24)15-23-13-3-4-20(23)18-9-11-19(25-2)12-10-18/h5-12,20H,3-4,13-15H2,1-2H3,(H,22,24). The van der Waals surface area contributed by atoms with Crippen molar-refractivity contribution in [3.8, 4) is 5.75 Å². The van der Waals surface area contributed by atoms with Crippen molar-refractivity contribution in [2.45, 2.75) is 32.4 Å². The second-order valence-electron chi connectivity index (χ2n) is 6.66. The van der Waals surface area contributed by atoms with Crippen molar-refractivity contribution in [3.63, 3.8) is 0 Å². The summed E-state index contributed by atoms with van der Waals surface area (Å²) in [7, 11) is 1.68. The molecule has 3 rings (SSSR count). The van der Waals surface area contributed by atoms with E-state index in [4.69, 9.17) is 4.74 Å². The first-order chi connectivity index (χ1) is 12.2. The molecular weight excluding hydrogens is 312 g/mol. The molecule has 1 fully saturated rings. The van der Waals surface area contributed by atoms with E-state index in [1.165, 1.54) is 11.1 Å². The zero-order chi connectivity index (χ0) is 17.6. The molecule has 0 radical (unpaired) electrons. The quantitative estimate of drug-likeness (QED) is 0.877. The van der Waals surface area contributed by atoms with Crippen LogP contribution in [0, 0.1) is 6.92 Å². The van der Waals surface area contributed by atoms with Gasteiger partial charge >= 0.3 is 0 Å². The molecule has 4 nitrogen and oxygen atoms in total. The lowest BCUT2D eigenvalue weighted by atomic mass is 10.0. The number of aryl methyl sites for hydroxylation is 1. The molecule has 25 heavy (non-hydrogen) atoms. The van der Waals surface area contributed by atoms with Gasteiger partial charge in [-0.3, -0.25) is 9.69 Å². The largest absolute Gasteiger partial charge is 0.497 e. The minimum Gasteiger partial charge on any atom is -0.497 e. The molecule has 1 N–H and O–H groups in total. The minimum absolute atomic E-state index is 0.0842. The van der Waals surface area contributed by atoms with Gasteiger partial charge in [0.2, 0.25) is 5.91 Å². The Bertz CT molecular complexity index is 695. The third kappa shape index (κ3) is 4.60. The molecular formula is C21H26N2O2. The number of carbonyl (C=O) groups is 1. The van der Waals surface area contributed by atoms with Crippen LogP contribution in [0.2, 0.25) is 0 Å². The Labute approximate surface area is 149 Å². The Morgan fingerprint density at radius 2 is 1.88 bits per heavy atom. The first kappa shape index (κ1) is 17.5. The summed E-state index contributed by atoms with van der Waals surface area (Å²) >= 11 is 0. The molecule has 1 unspecified atom stereocenters. The Morgan fingerprint density at radius 1 is 1.16 bits per heavy atom. The molecule has 1 aliphatic rings. The lowest BCUT2D eigenvalue weighted by Gasteiger charge is -2.24. The summed E-state index contributed by atoms with van der Waals surface area (Å²) in [6, 6.07) is 16.8. The van der Waals surface area contributed by atoms with Gasteiger partial charge in [0, 0.05) is 12.6 Å². The third-order valence-corrected chi connectivity index (χ3v) is 4.82. The monoisotopic (exact) mass is 338 g/mol. The number of nitrogens with one attached hydrogen (secondary N) is 1. The second kappa shape index (κ2) is 8.17. The fraction of sp³-hybridized carbons (Fsp3) is 0.381. The van der Waals surface area contributed by atoms with Gasteiger partial charge in [0.25, 0.3) is 0 Å². The SMILES string of the molecule is COc1ccc(C2CCCN2CC(=O)NCc2ccc(C)cc2)cc1. The number of carbonyl (C=O) groups excluding carboxylic acids is 1. The molecule has 0 saturated carbocycles. The van der Waals surface area contributed by atoms with E-state index < -0.39 is 0 Å². The van der Waals surface area contributed by atoms with Crippen molar-refractivity contribution >= 4 is 5.91 Å². The van der Waals surface area contributed by atoms with Crippen molar-refractivity contribution in [2.24, 2.45) is 0 Å². The number of hydrogen-bond donors (Lipinski definition) is 1. The van der Waals surface area contributed by atoms with Crippen molar-refractivity contribution in [1.29, 1.82) is 0 Å².